The van der Waals surface area contributed by atoms with E-state index in [1.165, 1.54) is 29.8 Å². The summed E-state index contributed by atoms with van der Waals surface area (Å²) in [6, 6.07) is 9.73. The number of amides is 1. The van der Waals surface area contributed by atoms with Crippen molar-refractivity contribution < 1.29 is 9.72 Å². The molecule has 0 saturated carbocycles. The van der Waals surface area contributed by atoms with Gasteiger partial charge < -0.3 is 5.32 Å². The Kier molecular flexibility index (Phi) is 5.91. The number of carbonyl (C=O) groups is 1. The van der Waals surface area contributed by atoms with Crippen molar-refractivity contribution in [1.82, 2.24) is 15.2 Å². The summed E-state index contributed by atoms with van der Waals surface area (Å²) >= 11 is 0. The van der Waals surface area contributed by atoms with Gasteiger partial charge in [0.15, 0.2) is 0 Å². The van der Waals surface area contributed by atoms with Gasteiger partial charge in [0.1, 0.15) is 0 Å². The van der Waals surface area contributed by atoms with Crippen LogP contribution in [0.25, 0.3) is 0 Å². The number of rotatable bonds is 6. The number of pyridine rings is 1. The third-order valence-corrected chi connectivity index (χ3v) is 4.73. The molecule has 1 amide bonds. The number of aromatic nitrogens is 1. The SMILES string of the molecule is O=C(NCC1CCN(Cc2cccnc2)CC1)c1ccc([N+](=O)[O-])cc1. The lowest BCUT2D eigenvalue weighted by Crippen LogP contribution is -2.38. The number of non-ortho nitro benzene ring substituents is 1. The summed E-state index contributed by atoms with van der Waals surface area (Å²) in [5.74, 6) is 0.278. The number of piperidine rings is 1. The largest absolute Gasteiger partial charge is 0.352 e. The van der Waals surface area contributed by atoms with Crippen LogP contribution in [0.2, 0.25) is 0 Å². The highest BCUT2D eigenvalue weighted by molar-refractivity contribution is 5.94. The van der Waals surface area contributed by atoms with E-state index in [2.05, 4.69) is 21.3 Å². The van der Waals surface area contributed by atoms with E-state index in [0.29, 0.717) is 18.0 Å². The van der Waals surface area contributed by atoms with E-state index in [9.17, 15) is 14.9 Å². The standard InChI is InChI=1S/C19H22N4O3/c24-19(17-3-5-18(6-4-17)23(25)26)21-13-15-7-10-22(11-8-15)14-16-2-1-9-20-12-16/h1-6,9,12,15H,7-8,10-11,13-14H2,(H,21,24). The molecular formula is C19H22N4O3. The van der Waals surface area contributed by atoms with Crippen LogP contribution >= 0.6 is 0 Å². The molecule has 0 bridgehead atoms. The summed E-state index contributed by atoms with van der Waals surface area (Å²) in [5.41, 5.74) is 1.66. The van der Waals surface area contributed by atoms with Gasteiger partial charge in [-0.15, -0.1) is 0 Å². The van der Waals surface area contributed by atoms with Crippen LogP contribution in [0.3, 0.4) is 0 Å². The van der Waals surface area contributed by atoms with Gasteiger partial charge in [-0.05, 0) is 55.6 Å². The maximum absolute atomic E-state index is 12.2. The van der Waals surface area contributed by atoms with Gasteiger partial charge in [0, 0.05) is 43.2 Å². The molecule has 26 heavy (non-hydrogen) atoms. The number of hydrogen-bond acceptors (Lipinski definition) is 5. The van der Waals surface area contributed by atoms with E-state index in [-0.39, 0.29) is 11.6 Å². The van der Waals surface area contributed by atoms with Crippen LogP contribution in [0.1, 0.15) is 28.8 Å². The zero-order chi connectivity index (χ0) is 18.4. The Morgan fingerprint density at radius 1 is 1.23 bits per heavy atom. The maximum atomic E-state index is 12.2. The van der Waals surface area contributed by atoms with Gasteiger partial charge in [-0.25, -0.2) is 0 Å². The molecule has 1 saturated heterocycles. The Bertz CT molecular complexity index is 741. The molecule has 2 heterocycles. The predicted molar refractivity (Wildman–Crippen MR) is 97.7 cm³/mol. The number of nitrogens with zero attached hydrogens (tertiary/aromatic N) is 3. The van der Waals surface area contributed by atoms with Gasteiger partial charge >= 0.3 is 0 Å². The number of benzene rings is 1. The summed E-state index contributed by atoms with van der Waals surface area (Å²) < 4.78 is 0. The molecule has 0 unspecified atom stereocenters. The summed E-state index contributed by atoms with van der Waals surface area (Å²) in [4.78, 5) is 28.9. The molecule has 1 fully saturated rings. The second kappa shape index (κ2) is 8.53. The van der Waals surface area contributed by atoms with E-state index >= 15 is 0 Å². The zero-order valence-electron chi connectivity index (χ0n) is 14.5. The fourth-order valence-electron chi connectivity index (χ4n) is 3.17. The van der Waals surface area contributed by atoms with Crippen molar-refractivity contribution in [2.24, 2.45) is 5.92 Å². The van der Waals surface area contributed by atoms with Gasteiger partial charge in [-0.1, -0.05) is 6.07 Å². The number of nitro groups is 1. The maximum Gasteiger partial charge on any atom is 0.269 e. The quantitative estimate of drug-likeness (QED) is 0.636. The minimum atomic E-state index is -0.471. The molecule has 2 aromatic rings. The van der Waals surface area contributed by atoms with E-state index in [4.69, 9.17) is 0 Å². The second-order valence-electron chi connectivity index (χ2n) is 6.59. The van der Waals surface area contributed by atoms with Crippen molar-refractivity contribution in [3.63, 3.8) is 0 Å². The Morgan fingerprint density at radius 2 is 1.96 bits per heavy atom. The molecule has 0 radical (unpaired) electrons. The normalized spacial score (nSPS) is 15.5. The van der Waals surface area contributed by atoms with E-state index < -0.39 is 4.92 Å². The first-order chi connectivity index (χ1) is 12.6. The van der Waals surface area contributed by atoms with Crippen molar-refractivity contribution in [3.8, 4) is 0 Å². The van der Waals surface area contributed by atoms with Crippen molar-refractivity contribution in [3.05, 3.63) is 70.0 Å². The highest BCUT2D eigenvalue weighted by Crippen LogP contribution is 2.18. The summed E-state index contributed by atoms with van der Waals surface area (Å²) in [7, 11) is 0. The molecule has 7 heteroatoms. The fraction of sp³-hybridized carbons (Fsp3) is 0.368. The van der Waals surface area contributed by atoms with Gasteiger partial charge in [0.2, 0.25) is 0 Å². The molecule has 136 valence electrons. The number of hydrogen-bond donors (Lipinski definition) is 1. The molecule has 7 nitrogen and oxygen atoms in total. The Balaban J connectivity index is 1.42. The third kappa shape index (κ3) is 4.86. The average molecular weight is 354 g/mol. The molecule has 0 spiro atoms. The minimum absolute atomic E-state index is 0.0115. The monoisotopic (exact) mass is 354 g/mol. The number of nitro benzene ring substituents is 1. The molecule has 1 aliphatic heterocycles. The van der Waals surface area contributed by atoms with Gasteiger partial charge in [0.25, 0.3) is 11.6 Å². The summed E-state index contributed by atoms with van der Waals surface area (Å²) in [6.45, 7) is 3.56. The first-order valence-electron chi connectivity index (χ1n) is 8.76. The first-order valence-corrected chi connectivity index (χ1v) is 8.76. The number of likely N-dealkylation sites (tertiary alicyclic amines) is 1. The molecule has 0 atom stereocenters. The Hall–Kier alpha value is -2.80. The van der Waals surface area contributed by atoms with Gasteiger partial charge in [-0.2, -0.15) is 0 Å². The topological polar surface area (TPSA) is 88.4 Å². The minimum Gasteiger partial charge on any atom is -0.352 e. The number of nitrogens with one attached hydrogen (secondary N) is 1. The van der Waals surface area contributed by atoms with Crippen LogP contribution in [0.5, 0.6) is 0 Å². The predicted octanol–water partition coefficient (Wildman–Crippen LogP) is 2.63. The third-order valence-electron chi connectivity index (χ3n) is 4.73. The van der Waals surface area contributed by atoms with E-state index in [1.807, 2.05) is 12.3 Å². The number of carbonyl (C=O) groups excluding carboxylic acids is 1. The summed E-state index contributed by atoms with van der Waals surface area (Å²) in [6.07, 6.45) is 5.77. The first kappa shape index (κ1) is 18.0. The van der Waals surface area contributed by atoms with Crippen LogP contribution in [0.4, 0.5) is 5.69 Å². The molecule has 1 N–H and O–H groups in total. The summed E-state index contributed by atoms with van der Waals surface area (Å²) in [5, 5.41) is 13.6. The van der Waals surface area contributed by atoms with E-state index in [0.717, 1.165) is 32.5 Å². The van der Waals surface area contributed by atoms with Crippen molar-refractivity contribution in [2.45, 2.75) is 19.4 Å². The molecule has 3 rings (SSSR count). The Morgan fingerprint density at radius 3 is 2.58 bits per heavy atom. The molecule has 1 aromatic heterocycles. The van der Waals surface area contributed by atoms with Gasteiger partial charge in [-0.3, -0.25) is 24.8 Å². The van der Waals surface area contributed by atoms with Crippen LogP contribution in [-0.2, 0) is 6.54 Å². The highest BCUT2D eigenvalue weighted by Gasteiger charge is 2.20. The molecule has 1 aromatic carbocycles. The van der Waals surface area contributed by atoms with Gasteiger partial charge in [0.05, 0.1) is 4.92 Å². The molecule has 0 aliphatic carbocycles. The van der Waals surface area contributed by atoms with E-state index in [1.54, 1.807) is 6.20 Å². The lowest BCUT2D eigenvalue weighted by Gasteiger charge is -2.32. The highest BCUT2D eigenvalue weighted by atomic mass is 16.6. The zero-order valence-corrected chi connectivity index (χ0v) is 14.5. The van der Waals surface area contributed by atoms with Crippen molar-refractivity contribution >= 4 is 11.6 Å². The molecule has 1 aliphatic rings. The fourth-order valence-corrected chi connectivity index (χ4v) is 3.17. The average Bonchev–Trinajstić information content (AvgIpc) is 2.68. The lowest BCUT2D eigenvalue weighted by atomic mass is 9.96. The van der Waals surface area contributed by atoms with Crippen LogP contribution in [0, 0.1) is 16.0 Å². The smallest absolute Gasteiger partial charge is 0.269 e. The van der Waals surface area contributed by atoms with Crippen molar-refractivity contribution in [1.29, 1.82) is 0 Å². The van der Waals surface area contributed by atoms with Crippen LogP contribution in [-0.4, -0.2) is 40.3 Å². The Labute approximate surface area is 152 Å². The second-order valence-corrected chi connectivity index (χ2v) is 6.59. The van der Waals surface area contributed by atoms with Crippen molar-refractivity contribution in [2.75, 3.05) is 19.6 Å². The van der Waals surface area contributed by atoms with Crippen LogP contribution in [0.15, 0.2) is 48.8 Å². The lowest BCUT2D eigenvalue weighted by molar-refractivity contribution is -0.384. The van der Waals surface area contributed by atoms with Crippen LogP contribution < -0.4 is 5.32 Å². The molecular weight excluding hydrogens is 332 g/mol.